The van der Waals surface area contributed by atoms with Crippen LogP contribution in [0, 0.1) is 23.5 Å². The van der Waals surface area contributed by atoms with Gasteiger partial charge in [0.2, 0.25) is 5.91 Å². The van der Waals surface area contributed by atoms with E-state index in [2.05, 4.69) is 0 Å². The number of aromatic hydroxyl groups is 1. The molecule has 2 aromatic carbocycles. The number of fused-ring (bicyclic) bond motifs is 2. The van der Waals surface area contributed by atoms with Crippen molar-refractivity contribution in [2.45, 2.75) is 46.2 Å². The maximum absolute atomic E-state index is 15.4. The number of ketones is 1. The molecule has 236 valence electrons. The van der Waals surface area contributed by atoms with Crippen molar-refractivity contribution in [1.29, 1.82) is 0 Å². The van der Waals surface area contributed by atoms with E-state index < -0.39 is 58.6 Å². The Kier molecular flexibility index (Phi) is 9.92. The van der Waals surface area contributed by atoms with Crippen molar-refractivity contribution in [1.82, 2.24) is 4.90 Å². The third-order valence-corrected chi connectivity index (χ3v) is 8.36. The molecule has 2 atom stereocenters. The van der Waals surface area contributed by atoms with Gasteiger partial charge in [-0.05, 0) is 17.7 Å². The molecule has 1 aliphatic rings. The quantitative estimate of drug-likeness (QED) is 0.163. The van der Waals surface area contributed by atoms with Crippen LogP contribution in [0.3, 0.4) is 0 Å². The highest BCUT2D eigenvalue weighted by Gasteiger charge is 2.31. The van der Waals surface area contributed by atoms with E-state index >= 15 is 8.78 Å². The van der Waals surface area contributed by atoms with E-state index in [0.29, 0.717) is 10.3 Å². The monoisotopic (exact) mass is 635 g/mol. The number of rotatable bonds is 14. The number of phenols is 1. The van der Waals surface area contributed by atoms with Gasteiger partial charge in [0.05, 0.1) is 37.0 Å². The molecule has 4 rings (SSSR count). The Labute approximate surface area is 254 Å². The molecular formula is C30H31F2NO10S. The molecule has 1 amide bonds. The Bertz CT molecular complexity index is 1620. The minimum absolute atomic E-state index is 0.0259. The number of hydrogen-bond donors (Lipinski definition) is 3. The summed E-state index contributed by atoms with van der Waals surface area (Å²) in [6.45, 7) is 2.55. The maximum Gasteiger partial charge on any atom is 0.306 e. The minimum atomic E-state index is -1.11. The summed E-state index contributed by atoms with van der Waals surface area (Å²) in [6, 6.07) is 4.17. The van der Waals surface area contributed by atoms with Crippen molar-refractivity contribution in [3.8, 4) is 23.0 Å². The van der Waals surface area contributed by atoms with Gasteiger partial charge in [0.15, 0.2) is 40.4 Å². The molecule has 0 saturated heterocycles. The number of ether oxygens (including phenoxy) is 3. The van der Waals surface area contributed by atoms with Crippen molar-refractivity contribution in [3.63, 3.8) is 0 Å². The highest BCUT2D eigenvalue weighted by Crippen LogP contribution is 2.41. The predicted octanol–water partition coefficient (Wildman–Crippen LogP) is 4.99. The van der Waals surface area contributed by atoms with Gasteiger partial charge in [-0.1, -0.05) is 13.8 Å². The average Bonchev–Trinajstić information content (AvgIpc) is 3.60. The second-order valence-electron chi connectivity index (χ2n) is 10.5. The first-order valence-electron chi connectivity index (χ1n) is 13.7. The van der Waals surface area contributed by atoms with E-state index in [1.165, 1.54) is 44.1 Å². The second-order valence-corrected chi connectivity index (χ2v) is 11.6. The molecule has 1 aromatic heterocycles. The number of nitrogens with zero attached hydrogens (tertiary/aromatic N) is 1. The van der Waals surface area contributed by atoms with Crippen LogP contribution in [0.1, 0.15) is 53.9 Å². The lowest BCUT2D eigenvalue weighted by atomic mass is 10.0. The number of carboxylic acids is 2. The van der Waals surface area contributed by atoms with Gasteiger partial charge in [-0.3, -0.25) is 19.2 Å². The number of amides is 1. The summed E-state index contributed by atoms with van der Waals surface area (Å²) in [5, 5.41) is 28.6. The number of carboxylic acid groups (broad SMARTS) is 2. The summed E-state index contributed by atoms with van der Waals surface area (Å²) in [7, 11) is 1.33. The molecule has 0 aliphatic carbocycles. The van der Waals surface area contributed by atoms with Gasteiger partial charge in [0.1, 0.15) is 0 Å². The molecule has 0 radical (unpaired) electrons. The van der Waals surface area contributed by atoms with Crippen molar-refractivity contribution >= 4 is 45.1 Å². The van der Waals surface area contributed by atoms with Gasteiger partial charge in [-0.15, -0.1) is 11.3 Å². The molecular weight excluding hydrogens is 604 g/mol. The van der Waals surface area contributed by atoms with Crippen LogP contribution in [-0.2, 0) is 27.5 Å². The van der Waals surface area contributed by atoms with Crippen LogP contribution in [0.4, 0.5) is 8.78 Å². The molecule has 0 spiro atoms. The molecule has 14 heteroatoms. The van der Waals surface area contributed by atoms with Gasteiger partial charge < -0.3 is 34.4 Å². The van der Waals surface area contributed by atoms with E-state index in [4.69, 9.17) is 24.4 Å². The molecule has 1 aliphatic heterocycles. The number of phenolic OH excluding ortho intramolecular Hbond substituents is 1. The number of methoxy groups -OCH3 is 1. The van der Waals surface area contributed by atoms with E-state index in [9.17, 15) is 24.3 Å². The molecule has 3 aromatic rings. The largest absolute Gasteiger partial charge is 0.504 e. The van der Waals surface area contributed by atoms with Gasteiger partial charge in [-0.2, -0.15) is 0 Å². The molecule has 44 heavy (non-hydrogen) atoms. The van der Waals surface area contributed by atoms with E-state index in [1.807, 2.05) is 0 Å². The Morgan fingerprint density at radius 2 is 1.57 bits per heavy atom. The van der Waals surface area contributed by atoms with Gasteiger partial charge >= 0.3 is 11.9 Å². The SMILES string of the molecule is COc1cc2sc(C(=O)C[C@H](C)C(=O)O)cc2c(F)c1OCCCOc1c(O)cc2c(c1F)CN(C(=O)C[C@H](C)C(=O)O)C2. The van der Waals surface area contributed by atoms with Crippen LogP contribution in [0.2, 0.25) is 0 Å². The summed E-state index contributed by atoms with van der Waals surface area (Å²) in [4.78, 5) is 48.7. The maximum atomic E-state index is 15.4. The zero-order valence-corrected chi connectivity index (χ0v) is 25.0. The van der Waals surface area contributed by atoms with Crippen molar-refractivity contribution in [2.75, 3.05) is 20.3 Å². The molecule has 0 unspecified atom stereocenters. The minimum Gasteiger partial charge on any atom is -0.504 e. The lowest BCUT2D eigenvalue weighted by Crippen LogP contribution is -2.28. The highest BCUT2D eigenvalue weighted by atomic mass is 32.1. The number of thiophene rings is 1. The second kappa shape index (κ2) is 13.5. The number of carbonyl (C=O) groups is 4. The summed E-state index contributed by atoms with van der Waals surface area (Å²) in [5.74, 6) is -7.47. The lowest BCUT2D eigenvalue weighted by Gasteiger charge is -2.16. The molecule has 0 fully saturated rings. The zero-order chi connectivity index (χ0) is 32.3. The van der Waals surface area contributed by atoms with Gasteiger partial charge in [-0.25, -0.2) is 8.78 Å². The fourth-order valence-corrected chi connectivity index (χ4v) is 5.70. The van der Waals surface area contributed by atoms with Crippen LogP contribution >= 0.6 is 11.3 Å². The molecule has 11 nitrogen and oxygen atoms in total. The van der Waals surface area contributed by atoms with Crippen LogP contribution in [0.25, 0.3) is 10.1 Å². The van der Waals surface area contributed by atoms with Crippen molar-refractivity contribution in [3.05, 3.63) is 45.8 Å². The lowest BCUT2D eigenvalue weighted by molar-refractivity contribution is -0.145. The molecule has 3 N–H and O–H groups in total. The van der Waals surface area contributed by atoms with Gasteiger partial charge in [0, 0.05) is 54.1 Å². The van der Waals surface area contributed by atoms with Crippen LogP contribution < -0.4 is 14.2 Å². The first-order valence-corrected chi connectivity index (χ1v) is 14.5. The Morgan fingerprint density at radius 1 is 0.932 bits per heavy atom. The first kappa shape index (κ1) is 32.5. The average molecular weight is 636 g/mol. The third kappa shape index (κ3) is 6.85. The normalized spacial score (nSPS) is 13.8. The molecule has 0 bridgehead atoms. The smallest absolute Gasteiger partial charge is 0.306 e. The third-order valence-electron chi connectivity index (χ3n) is 7.23. The zero-order valence-electron chi connectivity index (χ0n) is 24.1. The fourth-order valence-electron chi connectivity index (χ4n) is 4.66. The van der Waals surface area contributed by atoms with Crippen LogP contribution in [0.5, 0.6) is 23.0 Å². The highest BCUT2D eigenvalue weighted by molar-refractivity contribution is 7.20. The number of Topliss-reactive ketones (excluding diaryl/α,β-unsaturated/α-hetero) is 1. The van der Waals surface area contributed by atoms with Gasteiger partial charge in [0.25, 0.3) is 0 Å². The summed E-state index contributed by atoms with van der Waals surface area (Å²) < 4.78 is 47.4. The standard InChI is InChI=1S/C30H31F2NO10S/c1-14(29(37)38)7-19(34)23-10-17-22(44-23)11-21(41-3)28(25(17)31)43-6-4-5-42-27-20(35)9-16-12-33(13-18(16)26(27)32)24(36)8-15(2)30(39)40/h9-11,14-15,35H,4-8,12-13H2,1-3H3,(H,37,38)(H,39,40)/t14-,15-/m0/s1. The molecule has 0 saturated carbocycles. The first-order chi connectivity index (χ1) is 20.8. The topological polar surface area (TPSA) is 160 Å². The summed E-state index contributed by atoms with van der Waals surface area (Å²) in [6.07, 6.45) is -0.321. The van der Waals surface area contributed by atoms with Crippen molar-refractivity contribution in [2.24, 2.45) is 11.8 Å². The van der Waals surface area contributed by atoms with Crippen LogP contribution in [0.15, 0.2) is 18.2 Å². The fraction of sp³-hybridized carbons (Fsp3) is 0.400. The Morgan fingerprint density at radius 3 is 2.20 bits per heavy atom. The number of carbonyl (C=O) groups excluding carboxylic acids is 2. The van der Waals surface area contributed by atoms with E-state index in [-0.39, 0.29) is 72.9 Å². The summed E-state index contributed by atoms with van der Waals surface area (Å²) in [5.41, 5.74) is 0.552. The van der Waals surface area contributed by atoms with Crippen molar-refractivity contribution < 1.29 is 57.5 Å². The molecule has 2 heterocycles. The number of halogens is 2. The Balaban J connectivity index is 1.38. The number of aliphatic carboxylic acids is 2. The number of hydrogen-bond acceptors (Lipinski definition) is 9. The van der Waals surface area contributed by atoms with E-state index in [0.717, 1.165) is 11.3 Å². The summed E-state index contributed by atoms with van der Waals surface area (Å²) >= 11 is 1.01. The number of benzene rings is 2. The Hall–Kier alpha value is -4.46. The predicted molar refractivity (Wildman–Crippen MR) is 153 cm³/mol. The van der Waals surface area contributed by atoms with E-state index in [1.54, 1.807) is 0 Å². The van der Waals surface area contributed by atoms with Crippen LogP contribution in [-0.4, -0.2) is 64.2 Å².